The van der Waals surface area contributed by atoms with Crippen molar-refractivity contribution in [3.8, 4) is 0 Å². The van der Waals surface area contributed by atoms with Gasteiger partial charge in [0.15, 0.2) is 0 Å². The molecule has 5 heteroatoms. The monoisotopic (exact) mass is 273 g/mol. The molecular formula is C14H9ClFN3. The van der Waals surface area contributed by atoms with Crippen LogP contribution in [0.5, 0.6) is 0 Å². The molecular weight excluding hydrogens is 265 g/mol. The first-order chi connectivity index (χ1) is 9.20. The van der Waals surface area contributed by atoms with Crippen LogP contribution in [0, 0.1) is 5.82 Å². The van der Waals surface area contributed by atoms with Crippen molar-refractivity contribution in [2.75, 3.05) is 5.32 Å². The van der Waals surface area contributed by atoms with Gasteiger partial charge in [-0.25, -0.2) is 14.4 Å². The molecule has 0 atom stereocenters. The Balaban J connectivity index is 1.93. The van der Waals surface area contributed by atoms with Crippen LogP contribution >= 0.6 is 11.6 Å². The Morgan fingerprint density at radius 1 is 1.00 bits per heavy atom. The Hall–Kier alpha value is -2.20. The van der Waals surface area contributed by atoms with Gasteiger partial charge >= 0.3 is 0 Å². The topological polar surface area (TPSA) is 37.8 Å². The average Bonchev–Trinajstić information content (AvgIpc) is 2.42. The number of hydrogen-bond acceptors (Lipinski definition) is 3. The number of anilines is 2. The van der Waals surface area contributed by atoms with Gasteiger partial charge in [0.25, 0.3) is 0 Å². The van der Waals surface area contributed by atoms with E-state index in [2.05, 4.69) is 15.3 Å². The molecule has 3 nitrogen and oxygen atoms in total. The number of nitrogens with one attached hydrogen (secondary N) is 1. The van der Waals surface area contributed by atoms with Crippen molar-refractivity contribution in [3.05, 3.63) is 59.5 Å². The van der Waals surface area contributed by atoms with Crippen molar-refractivity contribution in [2.45, 2.75) is 0 Å². The van der Waals surface area contributed by atoms with Gasteiger partial charge in [-0.05, 0) is 42.5 Å². The summed E-state index contributed by atoms with van der Waals surface area (Å²) in [6.45, 7) is 0. The van der Waals surface area contributed by atoms with E-state index >= 15 is 0 Å². The normalized spacial score (nSPS) is 10.6. The van der Waals surface area contributed by atoms with Crippen LogP contribution in [0.15, 0.2) is 48.7 Å². The number of nitrogens with zero attached hydrogens (tertiary/aromatic N) is 2. The van der Waals surface area contributed by atoms with Crippen LogP contribution in [-0.4, -0.2) is 9.97 Å². The fourth-order valence-corrected chi connectivity index (χ4v) is 1.93. The molecule has 3 rings (SSSR count). The predicted molar refractivity (Wildman–Crippen MR) is 74.2 cm³/mol. The summed E-state index contributed by atoms with van der Waals surface area (Å²) < 4.78 is 12.8. The van der Waals surface area contributed by atoms with Gasteiger partial charge in [-0.15, -0.1) is 0 Å². The quantitative estimate of drug-likeness (QED) is 0.762. The van der Waals surface area contributed by atoms with E-state index in [-0.39, 0.29) is 5.82 Å². The number of aromatic nitrogens is 2. The molecule has 2 aromatic heterocycles. The number of halogens is 2. The number of hydrogen-bond donors (Lipinski definition) is 1. The van der Waals surface area contributed by atoms with Gasteiger partial charge in [-0.3, -0.25) is 0 Å². The standard InChI is InChI=1S/C14H9ClFN3/c15-10-2-4-12-9(7-10)1-5-14(18-12)19-13-6-3-11(16)8-17-13/h1-8H,(H,17,18,19). The van der Waals surface area contributed by atoms with E-state index in [1.807, 2.05) is 24.3 Å². The molecule has 0 aliphatic carbocycles. The molecule has 0 amide bonds. The lowest BCUT2D eigenvalue weighted by atomic mass is 10.2. The molecule has 0 aliphatic heterocycles. The van der Waals surface area contributed by atoms with E-state index < -0.39 is 0 Å². The summed E-state index contributed by atoms with van der Waals surface area (Å²) in [7, 11) is 0. The first-order valence-electron chi connectivity index (χ1n) is 5.66. The number of rotatable bonds is 2. The zero-order chi connectivity index (χ0) is 13.2. The maximum atomic E-state index is 12.8. The molecule has 1 N–H and O–H groups in total. The molecule has 0 saturated heterocycles. The zero-order valence-corrected chi connectivity index (χ0v) is 10.5. The summed E-state index contributed by atoms with van der Waals surface area (Å²) in [5, 5.41) is 4.66. The molecule has 0 radical (unpaired) electrons. The van der Waals surface area contributed by atoms with Gasteiger partial charge < -0.3 is 5.32 Å². The van der Waals surface area contributed by atoms with Crippen LogP contribution in [0.2, 0.25) is 5.02 Å². The second-order valence-electron chi connectivity index (χ2n) is 4.02. The molecule has 2 heterocycles. The van der Waals surface area contributed by atoms with Gasteiger partial charge in [-0.1, -0.05) is 11.6 Å². The second-order valence-corrected chi connectivity index (χ2v) is 4.46. The number of benzene rings is 1. The lowest BCUT2D eigenvalue weighted by Crippen LogP contribution is -1.96. The summed E-state index contributed by atoms with van der Waals surface area (Å²) in [5.74, 6) is 0.822. The van der Waals surface area contributed by atoms with Crippen molar-refractivity contribution in [2.24, 2.45) is 0 Å². The smallest absolute Gasteiger partial charge is 0.141 e. The van der Waals surface area contributed by atoms with E-state index in [1.54, 1.807) is 12.1 Å². The Morgan fingerprint density at radius 3 is 2.63 bits per heavy atom. The average molecular weight is 274 g/mol. The summed E-state index contributed by atoms with van der Waals surface area (Å²) in [5.41, 5.74) is 0.830. The highest BCUT2D eigenvalue weighted by molar-refractivity contribution is 6.31. The Kier molecular flexibility index (Phi) is 3.01. The van der Waals surface area contributed by atoms with Crippen LogP contribution < -0.4 is 5.32 Å². The van der Waals surface area contributed by atoms with Crippen LogP contribution in [0.3, 0.4) is 0 Å². The molecule has 0 saturated carbocycles. The molecule has 0 bridgehead atoms. The van der Waals surface area contributed by atoms with E-state index in [0.717, 1.165) is 17.1 Å². The largest absolute Gasteiger partial charge is 0.325 e. The van der Waals surface area contributed by atoms with E-state index in [0.29, 0.717) is 16.7 Å². The minimum absolute atomic E-state index is 0.369. The minimum atomic E-state index is -0.369. The SMILES string of the molecule is Fc1ccc(Nc2ccc3cc(Cl)ccc3n2)nc1. The maximum Gasteiger partial charge on any atom is 0.141 e. The summed E-state index contributed by atoms with van der Waals surface area (Å²) in [6, 6.07) is 12.1. The Labute approximate surface area is 114 Å². The van der Waals surface area contributed by atoms with Gasteiger partial charge in [0.05, 0.1) is 11.7 Å². The van der Waals surface area contributed by atoms with Gasteiger partial charge in [0.1, 0.15) is 17.5 Å². The fraction of sp³-hybridized carbons (Fsp3) is 0. The maximum absolute atomic E-state index is 12.8. The highest BCUT2D eigenvalue weighted by atomic mass is 35.5. The summed E-state index contributed by atoms with van der Waals surface area (Å²) in [6.07, 6.45) is 1.16. The molecule has 1 aromatic carbocycles. The Morgan fingerprint density at radius 2 is 1.84 bits per heavy atom. The molecule has 0 spiro atoms. The molecule has 3 aromatic rings. The van der Waals surface area contributed by atoms with E-state index in [4.69, 9.17) is 11.6 Å². The zero-order valence-electron chi connectivity index (χ0n) is 9.77. The first kappa shape index (κ1) is 11.9. The van der Waals surface area contributed by atoms with E-state index in [9.17, 15) is 4.39 Å². The van der Waals surface area contributed by atoms with Crippen molar-refractivity contribution in [3.63, 3.8) is 0 Å². The third kappa shape index (κ3) is 2.63. The van der Waals surface area contributed by atoms with Crippen LogP contribution in [0.4, 0.5) is 16.0 Å². The summed E-state index contributed by atoms with van der Waals surface area (Å²) in [4.78, 5) is 8.35. The lowest BCUT2D eigenvalue weighted by molar-refractivity contribution is 0.622. The molecule has 0 fully saturated rings. The molecule has 0 unspecified atom stereocenters. The predicted octanol–water partition coefficient (Wildman–Crippen LogP) is 4.17. The van der Waals surface area contributed by atoms with Crippen molar-refractivity contribution in [1.29, 1.82) is 0 Å². The summed E-state index contributed by atoms with van der Waals surface area (Å²) >= 11 is 5.91. The van der Waals surface area contributed by atoms with Crippen molar-refractivity contribution < 1.29 is 4.39 Å². The highest BCUT2D eigenvalue weighted by Gasteiger charge is 2.01. The van der Waals surface area contributed by atoms with Gasteiger partial charge in [0, 0.05) is 10.4 Å². The molecule has 94 valence electrons. The lowest BCUT2D eigenvalue weighted by Gasteiger charge is -2.06. The highest BCUT2D eigenvalue weighted by Crippen LogP contribution is 2.21. The van der Waals surface area contributed by atoms with Gasteiger partial charge in [0.2, 0.25) is 0 Å². The second kappa shape index (κ2) is 4.82. The number of fused-ring (bicyclic) bond motifs is 1. The van der Waals surface area contributed by atoms with Crippen molar-refractivity contribution in [1.82, 2.24) is 9.97 Å². The van der Waals surface area contributed by atoms with E-state index in [1.165, 1.54) is 6.07 Å². The minimum Gasteiger partial charge on any atom is -0.325 e. The first-order valence-corrected chi connectivity index (χ1v) is 6.03. The van der Waals surface area contributed by atoms with Crippen LogP contribution in [0.1, 0.15) is 0 Å². The fourth-order valence-electron chi connectivity index (χ4n) is 1.75. The van der Waals surface area contributed by atoms with Crippen LogP contribution in [-0.2, 0) is 0 Å². The number of pyridine rings is 2. The third-order valence-electron chi connectivity index (χ3n) is 2.63. The third-order valence-corrected chi connectivity index (χ3v) is 2.87. The molecule has 0 aliphatic rings. The van der Waals surface area contributed by atoms with Crippen molar-refractivity contribution >= 4 is 34.1 Å². The molecule has 19 heavy (non-hydrogen) atoms. The van der Waals surface area contributed by atoms with Gasteiger partial charge in [-0.2, -0.15) is 0 Å². The Bertz CT molecular complexity index is 728. The van der Waals surface area contributed by atoms with Crippen LogP contribution in [0.25, 0.3) is 10.9 Å².